The lowest BCUT2D eigenvalue weighted by atomic mass is 10.1. The van der Waals surface area contributed by atoms with Gasteiger partial charge in [-0.2, -0.15) is 4.98 Å². The first-order valence-corrected chi connectivity index (χ1v) is 23.8. The molecular weight excluding hydrogens is 837 g/mol. The lowest BCUT2D eigenvalue weighted by Gasteiger charge is -2.30. The lowest BCUT2D eigenvalue weighted by Crippen LogP contribution is -2.42. The van der Waals surface area contributed by atoms with Gasteiger partial charge in [-0.05, 0) is 74.2 Å². The Morgan fingerprint density at radius 2 is 1.15 bits per heavy atom. The highest BCUT2D eigenvalue weighted by Crippen LogP contribution is 2.22. The number of methoxy groups -OCH3 is 2. The maximum atomic E-state index is 12.6. The van der Waals surface area contributed by atoms with Gasteiger partial charge in [-0.3, -0.25) is 13.8 Å². The molecule has 22 heteroatoms. The number of sulfonamides is 2. The maximum Gasteiger partial charge on any atom is 0.224 e. The molecule has 0 saturated carbocycles. The Balaban J connectivity index is 0.000000217. The fourth-order valence-corrected chi connectivity index (χ4v) is 8.33. The van der Waals surface area contributed by atoms with E-state index in [1.807, 2.05) is 0 Å². The van der Waals surface area contributed by atoms with Crippen LogP contribution in [0.4, 0.5) is 17.6 Å². The monoisotopic (exact) mass is 888 g/mol. The van der Waals surface area contributed by atoms with Crippen LogP contribution >= 0.6 is 0 Å². The third kappa shape index (κ3) is 13.4. The van der Waals surface area contributed by atoms with Crippen molar-refractivity contribution in [3.05, 3.63) is 83.2 Å². The number of carbonyl (C=O) groups excluding carboxylic acids is 2. The summed E-state index contributed by atoms with van der Waals surface area (Å²) in [5, 5.41) is 3.30. The van der Waals surface area contributed by atoms with Crippen molar-refractivity contribution >= 4 is 60.0 Å². The predicted octanol–water partition coefficient (Wildman–Crippen LogP) is 1.93. The van der Waals surface area contributed by atoms with E-state index >= 15 is 0 Å². The molecule has 7 N–H and O–H groups in total. The third-order valence-corrected chi connectivity index (χ3v) is 13.2. The van der Waals surface area contributed by atoms with Crippen LogP contribution in [-0.4, -0.2) is 132 Å². The minimum Gasteiger partial charge on any atom is -0.497 e. The number of nitrogens with two attached hydrogens (primary N) is 3. The Bertz CT molecular complexity index is 2340. The Morgan fingerprint density at radius 3 is 1.53 bits per heavy atom. The minimum absolute atomic E-state index is 0.0302. The van der Waals surface area contributed by atoms with Crippen molar-refractivity contribution in [2.45, 2.75) is 49.8 Å². The summed E-state index contributed by atoms with van der Waals surface area (Å²) in [4.78, 5) is 41.2. The smallest absolute Gasteiger partial charge is 0.224 e. The summed E-state index contributed by atoms with van der Waals surface area (Å²) in [6, 6.07) is 13.6. The number of benzene rings is 2. The van der Waals surface area contributed by atoms with Crippen LogP contribution in [0.3, 0.4) is 0 Å². The molecule has 4 heterocycles. The molecule has 1 unspecified atom stereocenters. The predicted molar refractivity (Wildman–Crippen MR) is 229 cm³/mol. The fourth-order valence-electron chi connectivity index (χ4n) is 5.95. The molecule has 2 aromatic carbocycles. The fraction of sp³-hybridized carbons (Fsp3) is 0.421. The number of anilines is 3. The molecule has 4 aromatic rings. The molecule has 2 aliphatic heterocycles. The molecule has 2 saturated heterocycles. The van der Waals surface area contributed by atoms with Gasteiger partial charge in [-0.25, -0.2) is 40.4 Å². The summed E-state index contributed by atoms with van der Waals surface area (Å²) in [7, 11) is -4.33. The second-order valence-electron chi connectivity index (χ2n) is 13.8. The Labute approximate surface area is 353 Å². The van der Waals surface area contributed by atoms with E-state index in [0.29, 0.717) is 73.3 Å². The number of nitrogens with zero attached hydrogens (tertiary/aromatic N) is 6. The summed E-state index contributed by atoms with van der Waals surface area (Å²) in [6.07, 6.45) is 8.03. The van der Waals surface area contributed by atoms with E-state index in [1.165, 1.54) is 33.5 Å². The Morgan fingerprint density at radius 1 is 0.733 bits per heavy atom. The third-order valence-electron chi connectivity index (χ3n) is 9.50. The summed E-state index contributed by atoms with van der Waals surface area (Å²) >= 11 is 0. The summed E-state index contributed by atoms with van der Waals surface area (Å²) in [5.74, 6) is 1.59. The number of rotatable bonds is 12. The molecule has 326 valence electrons. The van der Waals surface area contributed by atoms with Crippen LogP contribution in [0.5, 0.6) is 11.5 Å². The van der Waals surface area contributed by atoms with Crippen LogP contribution < -0.4 is 32.0 Å². The topological polar surface area (TPSA) is 286 Å². The summed E-state index contributed by atoms with van der Waals surface area (Å²) in [6.45, 7) is 3.81. The Kier molecular flexibility index (Phi) is 17.0. The van der Waals surface area contributed by atoms with Gasteiger partial charge in [-0.1, -0.05) is 6.92 Å². The zero-order valence-electron chi connectivity index (χ0n) is 34.1. The van der Waals surface area contributed by atoms with E-state index in [-0.39, 0.29) is 51.6 Å². The van der Waals surface area contributed by atoms with Crippen LogP contribution in [0.2, 0.25) is 0 Å². The van der Waals surface area contributed by atoms with E-state index in [9.17, 15) is 30.6 Å². The second kappa shape index (κ2) is 21.4. The number of aromatic nitrogens is 4. The lowest BCUT2D eigenvalue weighted by molar-refractivity contribution is 0.103. The molecule has 0 bridgehead atoms. The van der Waals surface area contributed by atoms with Crippen molar-refractivity contribution < 1.29 is 40.1 Å². The second-order valence-corrected chi connectivity index (χ2v) is 19.4. The molecule has 60 heavy (non-hydrogen) atoms. The molecule has 0 spiro atoms. The number of carbonyl (C=O) groups is 2. The van der Waals surface area contributed by atoms with Crippen molar-refractivity contribution in [2.75, 3.05) is 75.4 Å². The van der Waals surface area contributed by atoms with E-state index < -0.39 is 30.8 Å². The largest absolute Gasteiger partial charge is 0.497 e. The molecule has 1 atom stereocenters. The van der Waals surface area contributed by atoms with Crippen molar-refractivity contribution in [3.8, 4) is 11.5 Å². The van der Waals surface area contributed by atoms with Crippen molar-refractivity contribution in [3.63, 3.8) is 0 Å². The van der Waals surface area contributed by atoms with Crippen molar-refractivity contribution in [1.29, 1.82) is 0 Å². The first-order chi connectivity index (χ1) is 28.3. The molecule has 6 rings (SSSR count). The number of nitrogens with one attached hydrogen (secondary N) is 1. The normalized spacial score (nSPS) is 16.0. The molecule has 2 aliphatic rings. The van der Waals surface area contributed by atoms with Gasteiger partial charge in [0.2, 0.25) is 31.2 Å². The minimum atomic E-state index is -3.17. The van der Waals surface area contributed by atoms with Crippen LogP contribution in [0.1, 0.15) is 64.4 Å². The first-order valence-electron chi connectivity index (χ1n) is 18.8. The quantitative estimate of drug-likeness (QED) is 0.117. The average Bonchev–Trinajstić information content (AvgIpc) is 3.23. The number of nitrogen functional groups attached to an aromatic ring is 2. The van der Waals surface area contributed by atoms with Gasteiger partial charge < -0.3 is 32.0 Å². The van der Waals surface area contributed by atoms with E-state index in [0.717, 1.165) is 12.8 Å². The van der Waals surface area contributed by atoms with Gasteiger partial charge in [0.25, 0.3) is 0 Å². The summed E-state index contributed by atoms with van der Waals surface area (Å²) < 4.78 is 69.8. The van der Waals surface area contributed by atoms with Gasteiger partial charge in [0.1, 0.15) is 23.1 Å². The summed E-state index contributed by atoms with van der Waals surface area (Å²) in [5.41, 5.74) is 18.7. The highest BCUT2D eigenvalue weighted by atomic mass is 32.2. The van der Waals surface area contributed by atoms with E-state index in [1.54, 1.807) is 69.7 Å². The van der Waals surface area contributed by atoms with Crippen molar-refractivity contribution in [2.24, 2.45) is 5.73 Å². The molecule has 0 radical (unpaired) electrons. The SMILES string of the molecule is CCS(=O)c1ncc(C(=O)c2ccc(OC)cc2)c(N)n1.COc1ccc(C(=O)c2cnc(NC3CCN(S(C)(=O)=O)CC3)nc2N)cc1.CS(=O)(=O)N1CCC(N)CC1. The van der Waals surface area contributed by atoms with Gasteiger partial charge in [0.15, 0.2) is 11.6 Å². The zero-order chi connectivity index (χ0) is 44.2. The van der Waals surface area contributed by atoms with Gasteiger partial charge in [0, 0.05) is 67.5 Å². The molecule has 2 fully saturated rings. The number of hydrogen-bond acceptors (Lipinski definition) is 17. The maximum absolute atomic E-state index is 12.6. The molecule has 0 amide bonds. The molecule has 2 aromatic heterocycles. The average molecular weight is 889 g/mol. The molecule has 19 nitrogen and oxygen atoms in total. The van der Waals surface area contributed by atoms with Crippen LogP contribution in [-0.2, 0) is 30.8 Å². The molecular formula is C38H52N10O9S3. The van der Waals surface area contributed by atoms with Crippen LogP contribution in [0, 0.1) is 0 Å². The zero-order valence-corrected chi connectivity index (χ0v) is 36.6. The number of ketones is 2. The van der Waals surface area contributed by atoms with E-state index in [4.69, 9.17) is 26.7 Å². The van der Waals surface area contributed by atoms with Crippen molar-refractivity contribution in [1.82, 2.24) is 28.5 Å². The number of hydrogen-bond donors (Lipinski definition) is 4. The van der Waals surface area contributed by atoms with E-state index in [2.05, 4.69) is 25.3 Å². The highest BCUT2D eigenvalue weighted by molar-refractivity contribution is 7.88. The standard InChI is InChI=1S/C18H23N5O4S.C14H15N3O3S.C6H14N2O2S/c1-27-14-5-3-12(4-6-14)16(24)15-11-20-18(22-17(15)19)21-13-7-9-23(10-8-13)28(2,25)26;1-3-21(19)14-16-8-11(13(15)17-14)12(18)9-4-6-10(20-2)7-5-9;1-11(9,10)8-4-2-6(7)3-5-8/h3-6,11,13H,7-10H2,1-2H3,(H3,19,20,21,22);4-8H,3H2,1-2H3,(H2,15,16,17);6H,2-5,7H2,1H3. The number of ether oxygens (including phenoxy) is 2. The highest BCUT2D eigenvalue weighted by Gasteiger charge is 2.26. The number of piperidine rings is 2. The first kappa shape index (κ1) is 47.5. The van der Waals surface area contributed by atoms with Crippen LogP contribution in [0.25, 0.3) is 0 Å². The van der Waals surface area contributed by atoms with Gasteiger partial charge in [-0.15, -0.1) is 0 Å². The van der Waals surface area contributed by atoms with Crippen LogP contribution in [0.15, 0.2) is 66.1 Å². The molecule has 0 aliphatic carbocycles. The van der Waals surface area contributed by atoms with Gasteiger partial charge in [0.05, 0.1) is 48.7 Å². The Hall–Kier alpha value is -5.13. The van der Waals surface area contributed by atoms with Gasteiger partial charge >= 0.3 is 0 Å².